The maximum atomic E-state index is 12.6. The van der Waals surface area contributed by atoms with E-state index in [2.05, 4.69) is 4.98 Å². The van der Waals surface area contributed by atoms with Crippen molar-refractivity contribution in [3.05, 3.63) is 65.4 Å². The number of methoxy groups -OCH3 is 2. The van der Waals surface area contributed by atoms with E-state index in [0.717, 1.165) is 16.5 Å². The SMILES string of the molecule is COC(=O)Cc1c([C@H]2[C@H](CC(=O)OC)c3ccccc3N2[C@@H]2OC[C@@H](O)[C@H](O)[C@H]2O)[nH]c2ccccc12. The molecule has 4 N–H and O–H groups in total. The number of fused-ring (bicyclic) bond motifs is 2. The van der Waals surface area contributed by atoms with E-state index in [-0.39, 0.29) is 19.4 Å². The largest absolute Gasteiger partial charge is 0.469 e. The molecule has 3 aromatic rings. The fourth-order valence-electron chi connectivity index (χ4n) is 5.59. The van der Waals surface area contributed by atoms with E-state index >= 15 is 0 Å². The minimum Gasteiger partial charge on any atom is -0.469 e. The molecule has 1 saturated heterocycles. The quantitative estimate of drug-likeness (QED) is 0.363. The lowest BCUT2D eigenvalue weighted by Gasteiger charge is -2.44. The molecule has 0 spiro atoms. The number of aliphatic hydroxyl groups excluding tert-OH is 3. The van der Waals surface area contributed by atoms with Crippen LogP contribution in [0.3, 0.4) is 0 Å². The van der Waals surface area contributed by atoms with Crippen LogP contribution in [-0.4, -0.2) is 77.6 Å². The van der Waals surface area contributed by atoms with Gasteiger partial charge in [-0.15, -0.1) is 0 Å². The Morgan fingerprint density at radius 1 is 1.00 bits per heavy atom. The summed E-state index contributed by atoms with van der Waals surface area (Å²) >= 11 is 0. The molecule has 0 amide bonds. The van der Waals surface area contributed by atoms with Gasteiger partial charge >= 0.3 is 11.9 Å². The highest BCUT2D eigenvalue weighted by Gasteiger charge is 2.50. The van der Waals surface area contributed by atoms with Crippen LogP contribution in [0.2, 0.25) is 0 Å². The van der Waals surface area contributed by atoms with Crippen LogP contribution in [0.15, 0.2) is 48.5 Å². The molecule has 37 heavy (non-hydrogen) atoms. The Morgan fingerprint density at radius 2 is 1.70 bits per heavy atom. The van der Waals surface area contributed by atoms with Crippen LogP contribution in [-0.2, 0) is 30.2 Å². The molecule has 2 aliphatic rings. The number of carbonyl (C=O) groups excluding carboxylic acids is 2. The van der Waals surface area contributed by atoms with Gasteiger partial charge in [0, 0.05) is 28.2 Å². The Balaban J connectivity index is 1.72. The second-order valence-electron chi connectivity index (χ2n) is 9.39. The molecule has 2 aliphatic heterocycles. The van der Waals surface area contributed by atoms with Crippen molar-refractivity contribution in [1.82, 2.24) is 4.98 Å². The van der Waals surface area contributed by atoms with E-state index in [1.807, 2.05) is 53.4 Å². The number of carbonyl (C=O) groups is 2. The number of benzene rings is 2. The van der Waals surface area contributed by atoms with E-state index in [9.17, 15) is 24.9 Å². The van der Waals surface area contributed by atoms with Crippen molar-refractivity contribution >= 4 is 28.5 Å². The third kappa shape index (κ3) is 4.36. The van der Waals surface area contributed by atoms with Gasteiger partial charge in [0.2, 0.25) is 0 Å². The summed E-state index contributed by atoms with van der Waals surface area (Å²) in [7, 11) is 2.65. The summed E-state index contributed by atoms with van der Waals surface area (Å²) in [4.78, 5) is 30.4. The lowest BCUT2D eigenvalue weighted by Crippen LogP contribution is -2.59. The molecule has 3 heterocycles. The number of nitrogens with zero attached hydrogens (tertiary/aromatic N) is 1. The number of para-hydroxylation sites is 2. The van der Waals surface area contributed by atoms with Crippen LogP contribution >= 0.6 is 0 Å². The molecule has 10 nitrogen and oxygen atoms in total. The van der Waals surface area contributed by atoms with Crippen LogP contribution in [0.1, 0.15) is 35.2 Å². The first kappa shape index (κ1) is 25.2. The van der Waals surface area contributed by atoms with Crippen molar-refractivity contribution in [2.75, 3.05) is 25.7 Å². The first-order valence-corrected chi connectivity index (χ1v) is 12.1. The highest BCUT2D eigenvalue weighted by Crippen LogP contribution is 2.53. The van der Waals surface area contributed by atoms with Crippen molar-refractivity contribution in [1.29, 1.82) is 0 Å². The normalized spacial score (nSPS) is 27.2. The number of anilines is 1. The smallest absolute Gasteiger partial charge is 0.310 e. The Kier molecular flexibility index (Phi) is 6.91. The summed E-state index contributed by atoms with van der Waals surface area (Å²) in [6.45, 7) is -0.183. The number of nitrogens with one attached hydrogen (secondary N) is 1. The molecule has 5 rings (SSSR count). The monoisotopic (exact) mass is 510 g/mol. The number of ether oxygens (including phenoxy) is 3. The number of aromatic amines is 1. The van der Waals surface area contributed by atoms with Gasteiger partial charge in [0.25, 0.3) is 0 Å². The average molecular weight is 511 g/mol. The lowest BCUT2D eigenvalue weighted by molar-refractivity contribution is -0.188. The fraction of sp³-hybridized carbons (Fsp3) is 0.407. The van der Waals surface area contributed by atoms with Gasteiger partial charge in [0.15, 0.2) is 6.23 Å². The predicted molar refractivity (Wildman–Crippen MR) is 133 cm³/mol. The lowest BCUT2D eigenvalue weighted by atomic mass is 9.87. The molecule has 196 valence electrons. The topological polar surface area (TPSA) is 142 Å². The zero-order chi connectivity index (χ0) is 26.3. The molecule has 10 heteroatoms. The van der Waals surface area contributed by atoms with E-state index in [4.69, 9.17) is 14.2 Å². The zero-order valence-corrected chi connectivity index (χ0v) is 20.5. The van der Waals surface area contributed by atoms with Crippen LogP contribution in [0.25, 0.3) is 10.9 Å². The molecule has 6 atom stereocenters. The number of aliphatic hydroxyl groups is 3. The van der Waals surface area contributed by atoms with Gasteiger partial charge in [0.05, 0.1) is 39.7 Å². The third-order valence-electron chi connectivity index (χ3n) is 7.35. The number of aromatic nitrogens is 1. The van der Waals surface area contributed by atoms with Crippen LogP contribution in [0.4, 0.5) is 5.69 Å². The Bertz CT molecular complexity index is 1310. The van der Waals surface area contributed by atoms with Crippen molar-refractivity contribution in [2.45, 2.75) is 49.3 Å². The number of rotatable bonds is 6. The molecule has 1 aromatic heterocycles. The maximum Gasteiger partial charge on any atom is 0.310 e. The summed E-state index contributed by atoms with van der Waals surface area (Å²) in [5, 5.41) is 32.4. The van der Waals surface area contributed by atoms with Crippen molar-refractivity contribution < 1.29 is 39.1 Å². The highest BCUT2D eigenvalue weighted by molar-refractivity contribution is 5.89. The van der Waals surface area contributed by atoms with Crippen molar-refractivity contribution in [3.63, 3.8) is 0 Å². The number of hydrogen-bond acceptors (Lipinski definition) is 9. The molecule has 0 aliphatic carbocycles. The van der Waals surface area contributed by atoms with E-state index in [0.29, 0.717) is 16.9 Å². The van der Waals surface area contributed by atoms with E-state index in [1.165, 1.54) is 14.2 Å². The molecular weight excluding hydrogens is 480 g/mol. The van der Waals surface area contributed by atoms with Crippen LogP contribution < -0.4 is 4.90 Å². The number of H-pyrrole nitrogens is 1. The molecule has 0 saturated carbocycles. The number of hydrogen-bond donors (Lipinski definition) is 4. The van der Waals surface area contributed by atoms with Crippen LogP contribution in [0, 0.1) is 0 Å². The molecule has 0 bridgehead atoms. The zero-order valence-electron chi connectivity index (χ0n) is 20.5. The molecular formula is C27H30N2O8. The first-order chi connectivity index (χ1) is 17.8. The van der Waals surface area contributed by atoms with Gasteiger partial charge in [0.1, 0.15) is 18.3 Å². The second kappa shape index (κ2) is 10.1. The second-order valence-corrected chi connectivity index (χ2v) is 9.39. The van der Waals surface area contributed by atoms with Gasteiger partial charge in [-0.3, -0.25) is 9.59 Å². The minimum absolute atomic E-state index is 0.0170. The average Bonchev–Trinajstić information content (AvgIpc) is 3.42. The summed E-state index contributed by atoms with van der Waals surface area (Å²) in [5.41, 5.74) is 3.69. The van der Waals surface area contributed by atoms with Crippen molar-refractivity contribution in [3.8, 4) is 0 Å². The summed E-state index contributed by atoms with van der Waals surface area (Å²) in [6, 6.07) is 14.4. The molecule has 0 radical (unpaired) electrons. The highest BCUT2D eigenvalue weighted by atomic mass is 16.5. The summed E-state index contributed by atoms with van der Waals surface area (Å²) in [6.07, 6.45) is -5.14. The minimum atomic E-state index is -1.44. The van der Waals surface area contributed by atoms with E-state index in [1.54, 1.807) is 0 Å². The van der Waals surface area contributed by atoms with Crippen molar-refractivity contribution in [2.24, 2.45) is 0 Å². The van der Waals surface area contributed by atoms with Crippen LogP contribution in [0.5, 0.6) is 0 Å². The summed E-state index contributed by atoms with van der Waals surface area (Å²) < 4.78 is 15.9. The molecule has 0 unspecified atom stereocenters. The van der Waals surface area contributed by atoms with Gasteiger partial charge in [-0.05, 0) is 23.3 Å². The third-order valence-corrected chi connectivity index (χ3v) is 7.35. The first-order valence-electron chi connectivity index (χ1n) is 12.1. The Labute approximate surface area is 213 Å². The van der Waals surface area contributed by atoms with Gasteiger partial charge in [-0.25, -0.2) is 0 Å². The summed E-state index contributed by atoms with van der Waals surface area (Å²) in [5.74, 6) is -1.28. The Morgan fingerprint density at radius 3 is 2.46 bits per heavy atom. The van der Waals surface area contributed by atoms with Gasteiger partial charge in [-0.1, -0.05) is 36.4 Å². The Hall–Kier alpha value is -3.44. The van der Waals surface area contributed by atoms with Gasteiger partial charge < -0.3 is 39.4 Å². The molecule has 1 fully saturated rings. The van der Waals surface area contributed by atoms with E-state index < -0.39 is 48.4 Å². The fourth-order valence-corrected chi connectivity index (χ4v) is 5.59. The predicted octanol–water partition coefficient (Wildman–Crippen LogP) is 1.53. The standard InChI is InChI=1S/C27H30N2O8/c1-35-21(31)11-16-14-7-3-5-9-18(14)28-23(16)24-17(12-22(32)36-2)15-8-4-6-10-19(15)29(24)27-26(34)25(33)20(30)13-37-27/h3-10,17,20,24-28,30,33-34H,11-13H2,1-2H3/t17-,20-,24-,25+,26-,27-/m1/s1. The number of esters is 2. The molecule has 2 aromatic carbocycles. The maximum absolute atomic E-state index is 12.6. The van der Waals surface area contributed by atoms with Gasteiger partial charge in [-0.2, -0.15) is 0 Å².